The smallest absolute Gasteiger partial charge is 0.169 e. The van der Waals surface area contributed by atoms with E-state index in [0.717, 1.165) is 29.8 Å². The number of aromatic nitrogens is 1. The number of hydrogen-bond acceptors (Lipinski definition) is 3. The van der Waals surface area contributed by atoms with Gasteiger partial charge in [0.2, 0.25) is 0 Å². The van der Waals surface area contributed by atoms with E-state index in [2.05, 4.69) is 39.2 Å². The largest absolute Gasteiger partial charge is 0.453 e. The minimum absolute atomic E-state index is 0.201. The minimum atomic E-state index is 0.201. The molecule has 100 valence electrons. The zero-order valence-electron chi connectivity index (χ0n) is 10.9. The summed E-state index contributed by atoms with van der Waals surface area (Å²) in [6.07, 6.45) is 4.12. The van der Waals surface area contributed by atoms with Crippen LogP contribution in [0.1, 0.15) is 42.3 Å². The molecule has 0 radical (unpaired) electrons. The van der Waals surface area contributed by atoms with Crippen molar-refractivity contribution in [2.24, 2.45) is 0 Å². The molecule has 1 aliphatic rings. The maximum atomic E-state index is 5.75. The number of likely N-dealkylation sites (N-methyl/N-ethyl adjacent to an activating group) is 1. The Bertz CT molecular complexity index is 567. The van der Waals surface area contributed by atoms with Crippen LogP contribution in [0.25, 0.3) is 0 Å². The van der Waals surface area contributed by atoms with Crippen molar-refractivity contribution in [3.05, 3.63) is 52.1 Å². The molecule has 3 nitrogen and oxygen atoms in total. The number of nitrogens with zero attached hydrogens (tertiary/aromatic N) is 1. The summed E-state index contributed by atoms with van der Waals surface area (Å²) >= 11 is 3.38. The van der Waals surface area contributed by atoms with Crippen LogP contribution in [0, 0.1) is 0 Å². The van der Waals surface area contributed by atoms with Crippen molar-refractivity contribution in [3.8, 4) is 0 Å². The zero-order valence-corrected chi connectivity index (χ0v) is 12.5. The molecule has 1 N–H and O–H groups in total. The predicted octanol–water partition coefficient (Wildman–Crippen LogP) is 3.82. The van der Waals surface area contributed by atoms with Crippen LogP contribution in [0.15, 0.2) is 39.5 Å². The van der Waals surface area contributed by atoms with Gasteiger partial charge in [0.05, 0.1) is 6.04 Å². The van der Waals surface area contributed by atoms with Crippen LogP contribution < -0.4 is 5.32 Å². The molecule has 0 spiro atoms. The molecule has 2 atom stereocenters. The van der Waals surface area contributed by atoms with E-state index in [0.29, 0.717) is 5.92 Å². The third-order valence-corrected chi connectivity index (χ3v) is 4.16. The molecule has 0 bridgehead atoms. The highest BCUT2D eigenvalue weighted by Gasteiger charge is 2.33. The quantitative estimate of drug-likeness (QED) is 0.930. The molecule has 2 unspecified atom stereocenters. The van der Waals surface area contributed by atoms with Gasteiger partial charge in [-0.05, 0) is 59.1 Å². The number of rotatable bonds is 4. The molecule has 1 aliphatic carbocycles. The summed E-state index contributed by atoms with van der Waals surface area (Å²) in [7, 11) is 0. The molecule has 0 amide bonds. The van der Waals surface area contributed by atoms with Crippen molar-refractivity contribution in [3.63, 3.8) is 0 Å². The fraction of sp³-hybridized carbons (Fsp3) is 0.400. The van der Waals surface area contributed by atoms with Gasteiger partial charge in [-0.15, -0.1) is 0 Å². The van der Waals surface area contributed by atoms with Crippen LogP contribution in [-0.2, 0) is 6.42 Å². The van der Waals surface area contributed by atoms with Gasteiger partial charge in [0, 0.05) is 17.8 Å². The van der Waals surface area contributed by atoms with Gasteiger partial charge in [0.25, 0.3) is 0 Å². The fourth-order valence-corrected chi connectivity index (χ4v) is 3.24. The van der Waals surface area contributed by atoms with Crippen molar-refractivity contribution in [2.45, 2.75) is 31.7 Å². The Hall–Kier alpha value is -1.13. The first kappa shape index (κ1) is 12.9. The van der Waals surface area contributed by atoms with Gasteiger partial charge >= 0.3 is 0 Å². The SMILES string of the molecule is CCNC(c1ccc(Br)o1)C1CCc2cccnc21. The summed E-state index contributed by atoms with van der Waals surface area (Å²) in [6.45, 7) is 3.04. The molecule has 2 heterocycles. The van der Waals surface area contributed by atoms with Gasteiger partial charge in [-0.25, -0.2) is 0 Å². The van der Waals surface area contributed by atoms with Crippen molar-refractivity contribution in [2.75, 3.05) is 6.54 Å². The summed E-state index contributed by atoms with van der Waals surface area (Å²) in [4.78, 5) is 4.58. The molecule has 0 fully saturated rings. The molecule has 2 aromatic rings. The lowest BCUT2D eigenvalue weighted by atomic mass is 9.95. The highest BCUT2D eigenvalue weighted by Crippen LogP contribution is 2.41. The second kappa shape index (κ2) is 5.47. The number of hydrogen-bond donors (Lipinski definition) is 1. The molecule has 0 aromatic carbocycles. The van der Waals surface area contributed by atoms with Crippen LogP contribution in [0.5, 0.6) is 0 Å². The Labute approximate surface area is 121 Å². The van der Waals surface area contributed by atoms with Crippen LogP contribution in [-0.4, -0.2) is 11.5 Å². The third-order valence-electron chi connectivity index (χ3n) is 3.73. The molecule has 0 saturated heterocycles. The molecule has 3 rings (SSSR count). The number of furan rings is 1. The predicted molar refractivity (Wildman–Crippen MR) is 78.1 cm³/mol. The number of nitrogens with one attached hydrogen (secondary N) is 1. The highest BCUT2D eigenvalue weighted by molar-refractivity contribution is 9.10. The molecule has 0 aliphatic heterocycles. The van der Waals surface area contributed by atoms with Gasteiger partial charge in [-0.3, -0.25) is 4.98 Å². The summed E-state index contributed by atoms with van der Waals surface area (Å²) in [5.41, 5.74) is 2.60. The average molecular weight is 321 g/mol. The second-order valence-electron chi connectivity index (χ2n) is 4.87. The number of fused-ring (bicyclic) bond motifs is 1. The van der Waals surface area contributed by atoms with E-state index < -0.39 is 0 Å². The van der Waals surface area contributed by atoms with Gasteiger partial charge in [-0.1, -0.05) is 13.0 Å². The molecule has 4 heteroatoms. The lowest BCUT2D eigenvalue weighted by Gasteiger charge is -2.22. The van der Waals surface area contributed by atoms with Crippen LogP contribution in [0.3, 0.4) is 0 Å². The van der Waals surface area contributed by atoms with Gasteiger partial charge in [0.1, 0.15) is 5.76 Å². The second-order valence-corrected chi connectivity index (χ2v) is 5.65. The summed E-state index contributed by atoms with van der Waals surface area (Å²) in [5, 5.41) is 3.54. The number of pyridine rings is 1. The lowest BCUT2D eigenvalue weighted by Crippen LogP contribution is -2.26. The van der Waals surface area contributed by atoms with Crippen LogP contribution in [0.2, 0.25) is 0 Å². The Morgan fingerprint density at radius 3 is 3.11 bits per heavy atom. The Balaban J connectivity index is 1.94. The van der Waals surface area contributed by atoms with E-state index in [9.17, 15) is 0 Å². The van der Waals surface area contributed by atoms with E-state index in [1.165, 1.54) is 11.3 Å². The van der Waals surface area contributed by atoms with Gasteiger partial charge in [-0.2, -0.15) is 0 Å². The Morgan fingerprint density at radius 2 is 2.37 bits per heavy atom. The van der Waals surface area contributed by atoms with Crippen molar-refractivity contribution >= 4 is 15.9 Å². The fourth-order valence-electron chi connectivity index (χ4n) is 2.92. The van der Waals surface area contributed by atoms with Crippen LogP contribution >= 0.6 is 15.9 Å². The van der Waals surface area contributed by atoms with Crippen molar-refractivity contribution < 1.29 is 4.42 Å². The van der Waals surface area contributed by atoms with Crippen molar-refractivity contribution in [1.29, 1.82) is 0 Å². The van der Waals surface area contributed by atoms with Crippen LogP contribution in [0.4, 0.5) is 0 Å². The normalized spacial score (nSPS) is 19.4. The number of aryl methyl sites for hydroxylation is 1. The average Bonchev–Trinajstić information content (AvgIpc) is 3.03. The zero-order chi connectivity index (χ0) is 13.2. The maximum absolute atomic E-state index is 5.75. The van der Waals surface area contributed by atoms with E-state index in [-0.39, 0.29) is 6.04 Å². The topological polar surface area (TPSA) is 38.1 Å². The number of halogens is 1. The maximum Gasteiger partial charge on any atom is 0.169 e. The van der Waals surface area contributed by atoms with E-state index in [4.69, 9.17) is 4.42 Å². The van der Waals surface area contributed by atoms with Gasteiger partial charge < -0.3 is 9.73 Å². The standard InChI is InChI=1S/C15H17BrN2O/c1-2-17-15(12-7-8-13(16)19-12)11-6-5-10-4-3-9-18-14(10)11/h3-4,7-9,11,15,17H,2,5-6H2,1H3. The highest BCUT2D eigenvalue weighted by atomic mass is 79.9. The van der Waals surface area contributed by atoms with E-state index in [1.54, 1.807) is 0 Å². The monoisotopic (exact) mass is 320 g/mol. The molecule has 2 aromatic heterocycles. The first-order chi connectivity index (χ1) is 9.29. The Morgan fingerprint density at radius 1 is 1.47 bits per heavy atom. The van der Waals surface area contributed by atoms with Crippen molar-refractivity contribution in [1.82, 2.24) is 10.3 Å². The third kappa shape index (κ3) is 2.47. The molecular formula is C15H17BrN2O. The molecular weight excluding hydrogens is 304 g/mol. The first-order valence-electron chi connectivity index (χ1n) is 6.72. The first-order valence-corrected chi connectivity index (χ1v) is 7.51. The molecule has 19 heavy (non-hydrogen) atoms. The summed E-state index contributed by atoms with van der Waals surface area (Å²) in [6, 6.07) is 8.40. The molecule has 0 saturated carbocycles. The summed E-state index contributed by atoms with van der Waals surface area (Å²) < 4.78 is 6.53. The lowest BCUT2D eigenvalue weighted by molar-refractivity contribution is 0.358. The van der Waals surface area contributed by atoms with E-state index in [1.807, 2.05) is 24.4 Å². The minimum Gasteiger partial charge on any atom is -0.453 e. The van der Waals surface area contributed by atoms with E-state index >= 15 is 0 Å². The summed E-state index contributed by atoms with van der Waals surface area (Å²) in [5.74, 6) is 1.38. The van der Waals surface area contributed by atoms with Gasteiger partial charge in [0.15, 0.2) is 4.67 Å². The Kier molecular flexibility index (Phi) is 3.71.